The number of nitrogens with two attached hydrogens (primary N) is 1. The Morgan fingerprint density at radius 2 is 2.00 bits per heavy atom. The molecule has 1 saturated heterocycles. The number of ether oxygens (including phenoxy) is 2. The number of benzene rings is 1. The predicted octanol–water partition coefficient (Wildman–Crippen LogP) is 2.55. The molecule has 0 bridgehead atoms. The van der Waals surface area contributed by atoms with Crippen LogP contribution < -0.4 is 25.8 Å². The fourth-order valence-corrected chi connectivity index (χ4v) is 3.85. The lowest BCUT2D eigenvalue weighted by atomic mass is 9.96. The van der Waals surface area contributed by atoms with Gasteiger partial charge in [-0.05, 0) is 38.1 Å². The van der Waals surface area contributed by atoms with E-state index in [-0.39, 0.29) is 0 Å². The lowest BCUT2D eigenvalue weighted by molar-refractivity contribution is 0.385. The van der Waals surface area contributed by atoms with E-state index in [1.807, 2.05) is 18.2 Å². The van der Waals surface area contributed by atoms with Crippen molar-refractivity contribution in [2.75, 3.05) is 32.6 Å². The molecule has 4 N–H and O–H groups in total. The molecule has 1 aromatic carbocycles. The minimum Gasteiger partial charge on any atom is -0.496 e. The zero-order valence-corrected chi connectivity index (χ0v) is 15.9. The maximum Gasteiger partial charge on any atom is 0.195 e. The summed E-state index contributed by atoms with van der Waals surface area (Å²) in [7, 11) is 3.25. The highest BCUT2D eigenvalue weighted by Gasteiger charge is 2.18. The Kier molecular flexibility index (Phi) is 6.30. The van der Waals surface area contributed by atoms with E-state index in [0.29, 0.717) is 18.4 Å². The van der Waals surface area contributed by atoms with E-state index in [9.17, 15) is 0 Å². The van der Waals surface area contributed by atoms with Crippen molar-refractivity contribution in [2.24, 2.45) is 10.7 Å². The molecule has 0 spiro atoms. The van der Waals surface area contributed by atoms with Crippen molar-refractivity contribution < 1.29 is 9.47 Å². The number of piperidine rings is 1. The SMILES string of the molecule is COc1cccc(OC)c1CN=C(N)Nc1nc(C2CCNCC2)cs1. The quantitative estimate of drug-likeness (QED) is 0.531. The molecule has 0 radical (unpaired) electrons. The summed E-state index contributed by atoms with van der Waals surface area (Å²) in [5.41, 5.74) is 8.03. The standard InChI is InChI=1S/C18H25N5O2S/c1-24-15-4-3-5-16(25-2)13(15)10-21-17(19)23-18-22-14(11-26-18)12-6-8-20-9-7-12/h3-5,11-12,20H,6-10H2,1-2H3,(H3,19,21,22,23). The van der Waals surface area contributed by atoms with Crippen LogP contribution in [0.2, 0.25) is 0 Å². The minimum absolute atomic E-state index is 0.323. The van der Waals surface area contributed by atoms with Gasteiger partial charge in [0, 0.05) is 11.3 Å². The van der Waals surface area contributed by atoms with Crippen LogP contribution in [0.15, 0.2) is 28.6 Å². The van der Waals surface area contributed by atoms with Crippen molar-refractivity contribution in [3.8, 4) is 11.5 Å². The number of thiazole rings is 1. The zero-order chi connectivity index (χ0) is 18.4. The van der Waals surface area contributed by atoms with Crippen LogP contribution in [0.3, 0.4) is 0 Å². The molecular weight excluding hydrogens is 350 g/mol. The molecule has 140 valence electrons. The van der Waals surface area contributed by atoms with Gasteiger partial charge in [0.15, 0.2) is 11.1 Å². The van der Waals surface area contributed by atoms with E-state index in [1.54, 1.807) is 25.6 Å². The molecule has 1 aliphatic rings. The lowest BCUT2D eigenvalue weighted by Crippen LogP contribution is -2.27. The van der Waals surface area contributed by atoms with Gasteiger partial charge in [-0.1, -0.05) is 6.07 Å². The summed E-state index contributed by atoms with van der Waals surface area (Å²) in [5, 5.41) is 9.34. The maximum absolute atomic E-state index is 6.04. The van der Waals surface area contributed by atoms with Crippen molar-refractivity contribution in [2.45, 2.75) is 25.3 Å². The van der Waals surface area contributed by atoms with Gasteiger partial charge in [-0.25, -0.2) is 9.98 Å². The Hall–Kier alpha value is -2.32. The van der Waals surface area contributed by atoms with Gasteiger partial charge in [0.2, 0.25) is 0 Å². The third-order valence-corrected chi connectivity index (χ3v) is 5.23. The second-order valence-electron chi connectivity index (χ2n) is 6.07. The van der Waals surface area contributed by atoms with E-state index < -0.39 is 0 Å². The third-order valence-electron chi connectivity index (χ3n) is 4.45. The van der Waals surface area contributed by atoms with E-state index in [2.05, 4.69) is 26.0 Å². The first-order valence-electron chi connectivity index (χ1n) is 8.64. The highest BCUT2D eigenvalue weighted by molar-refractivity contribution is 7.13. The van der Waals surface area contributed by atoms with Gasteiger partial charge in [0.1, 0.15) is 11.5 Å². The van der Waals surface area contributed by atoms with Crippen LogP contribution in [0.25, 0.3) is 0 Å². The predicted molar refractivity (Wildman–Crippen MR) is 105 cm³/mol. The van der Waals surface area contributed by atoms with Gasteiger partial charge in [-0.3, -0.25) is 0 Å². The Balaban J connectivity index is 1.65. The minimum atomic E-state index is 0.323. The number of aliphatic imine (C=N–C) groups is 1. The number of rotatable bonds is 6. The number of guanidine groups is 1. The van der Waals surface area contributed by atoms with Gasteiger partial charge in [0.25, 0.3) is 0 Å². The number of aromatic nitrogens is 1. The number of nitrogens with one attached hydrogen (secondary N) is 2. The first-order valence-corrected chi connectivity index (χ1v) is 9.52. The van der Waals surface area contributed by atoms with Gasteiger partial charge in [-0.2, -0.15) is 0 Å². The highest BCUT2D eigenvalue weighted by atomic mass is 32.1. The second kappa shape index (κ2) is 8.86. The smallest absolute Gasteiger partial charge is 0.195 e. The summed E-state index contributed by atoms with van der Waals surface area (Å²) in [6, 6.07) is 5.64. The molecule has 0 unspecified atom stereocenters. The van der Waals surface area contributed by atoms with E-state index in [4.69, 9.17) is 15.2 Å². The molecule has 26 heavy (non-hydrogen) atoms. The summed E-state index contributed by atoms with van der Waals surface area (Å²) < 4.78 is 10.8. The Bertz CT molecular complexity index is 734. The van der Waals surface area contributed by atoms with Crippen LogP contribution in [0, 0.1) is 0 Å². The molecule has 0 amide bonds. The van der Waals surface area contributed by atoms with Gasteiger partial charge < -0.3 is 25.8 Å². The number of hydrogen-bond donors (Lipinski definition) is 3. The summed E-state index contributed by atoms with van der Waals surface area (Å²) in [4.78, 5) is 9.07. The summed E-state index contributed by atoms with van der Waals surface area (Å²) in [6.07, 6.45) is 2.25. The average molecular weight is 375 g/mol. The van der Waals surface area contributed by atoms with Crippen molar-refractivity contribution in [1.29, 1.82) is 0 Å². The van der Waals surface area contributed by atoms with Crippen LogP contribution in [0.4, 0.5) is 5.13 Å². The number of hydrogen-bond acceptors (Lipinski definition) is 6. The first kappa shape index (κ1) is 18.5. The van der Waals surface area contributed by atoms with Gasteiger partial charge in [0.05, 0.1) is 32.0 Å². The molecule has 0 aliphatic carbocycles. The normalized spacial score (nSPS) is 15.7. The second-order valence-corrected chi connectivity index (χ2v) is 6.93. The summed E-state index contributed by atoms with van der Waals surface area (Å²) in [6.45, 7) is 2.46. The molecular formula is C18H25N5O2S. The number of nitrogens with zero attached hydrogens (tertiary/aromatic N) is 2. The Labute approximate surface area is 157 Å². The number of methoxy groups -OCH3 is 2. The summed E-state index contributed by atoms with van der Waals surface area (Å²) >= 11 is 1.56. The maximum atomic E-state index is 6.04. The van der Waals surface area contributed by atoms with E-state index in [0.717, 1.165) is 53.8 Å². The fraction of sp³-hybridized carbons (Fsp3) is 0.444. The van der Waals surface area contributed by atoms with E-state index >= 15 is 0 Å². The monoisotopic (exact) mass is 375 g/mol. The summed E-state index contributed by atoms with van der Waals surface area (Å²) in [5.74, 6) is 2.30. The van der Waals surface area contributed by atoms with Crippen LogP contribution in [-0.4, -0.2) is 38.3 Å². The van der Waals surface area contributed by atoms with Gasteiger partial charge >= 0.3 is 0 Å². The Morgan fingerprint density at radius 3 is 2.65 bits per heavy atom. The molecule has 3 rings (SSSR count). The van der Waals surface area contributed by atoms with Crippen molar-refractivity contribution in [3.63, 3.8) is 0 Å². The number of anilines is 1. The van der Waals surface area contributed by atoms with Crippen LogP contribution in [0.5, 0.6) is 11.5 Å². The Morgan fingerprint density at radius 1 is 1.31 bits per heavy atom. The lowest BCUT2D eigenvalue weighted by Gasteiger charge is -2.20. The van der Waals surface area contributed by atoms with E-state index in [1.165, 1.54) is 0 Å². The molecule has 8 heteroatoms. The average Bonchev–Trinajstić information content (AvgIpc) is 3.15. The third kappa shape index (κ3) is 4.44. The van der Waals surface area contributed by atoms with Crippen molar-refractivity contribution >= 4 is 22.4 Å². The topological polar surface area (TPSA) is 93.8 Å². The molecule has 1 aliphatic heterocycles. The molecule has 1 aromatic heterocycles. The van der Waals surface area contributed by atoms with Crippen LogP contribution in [-0.2, 0) is 6.54 Å². The van der Waals surface area contributed by atoms with Crippen molar-refractivity contribution in [3.05, 3.63) is 34.8 Å². The molecule has 2 aromatic rings. The molecule has 0 saturated carbocycles. The van der Waals surface area contributed by atoms with Crippen molar-refractivity contribution in [1.82, 2.24) is 10.3 Å². The zero-order valence-electron chi connectivity index (χ0n) is 15.1. The largest absolute Gasteiger partial charge is 0.496 e. The molecule has 0 atom stereocenters. The van der Waals surface area contributed by atoms with Gasteiger partial charge in [-0.15, -0.1) is 11.3 Å². The van der Waals surface area contributed by atoms with Crippen LogP contribution in [0.1, 0.15) is 30.0 Å². The van der Waals surface area contributed by atoms with Crippen LogP contribution >= 0.6 is 11.3 Å². The highest BCUT2D eigenvalue weighted by Crippen LogP contribution is 2.30. The molecule has 7 nitrogen and oxygen atoms in total. The molecule has 1 fully saturated rings. The molecule has 2 heterocycles. The first-order chi connectivity index (χ1) is 12.7. The fourth-order valence-electron chi connectivity index (χ4n) is 3.05.